The summed E-state index contributed by atoms with van der Waals surface area (Å²) in [5.74, 6) is 0. The molecule has 0 atom stereocenters. The highest BCUT2D eigenvalue weighted by atomic mass is 32.2. The second kappa shape index (κ2) is 7.03. The first kappa shape index (κ1) is 20.4. The molecule has 0 spiro atoms. The number of aromatic nitrogens is 2. The Morgan fingerprint density at radius 3 is 2.19 bits per heavy atom. The Kier molecular flexibility index (Phi) is 5.53. The van der Waals surface area contributed by atoms with E-state index in [1.807, 2.05) is 0 Å². The van der Waals surface area contributed by atoms with Gasteiger partial charge in [-0.1, -0.05) is 6.07 Å². The maximum Gasteiger partial charge on any atom is 0.485 e. The molecular formula is C17H21F3N2O3S. The summed E-state index contributed by atoms with van der Waals surface area (Å²) < 4.78 is 63.4. The van der Waals surface area contributed by atoms with E-state index in [9.17, 15) is 13.2 Å². The van der Waals surface area contributed by atoms with Gasteiger partial charge in [-0.15, -0.1) is 0 Å². The SMILES string of the molecule is CC(C)(C)[n+]1ccn(-c2ccc3c(c2)CCC3)c1.O=S(=O)([O-])C(F)(F)F. The summed E-state index contributed by atoms with van der Waals surface area (Å²) in [6.45, 7) is 6.67. The van der Waals surface area contributed by atoms with Crippen molar-refractivity contribution in [2.24, 2.45) is 0 Å². The predicted molar refractivity (Wildman–Crippen MR) is 88.7 cm³/mol. The van der Waals surface area contributed by atoms with Crippen molar-refractivity contribution in [3.63, 3.8) is 0 Å². The first-order chi connectivity index (χ1) is 11.8. The molecule has 9 heteroatoms. The van der Waals surface area contributed by atoms with Gasteiger partial charge in [0, 0.05) is 0 Å². The Bertz CT molecular complexity index is 881. The van der Waals surface area contributed by atoms with Gasteiger partial charge >= 0.3 is 5.51 Å². The number of benzene rings is 1. The Hall–Kier alpha value is -1.87. The zero-order chi connectivity index (χ0) is 19.8. The Morgan fingerprint density at radius 2 is 1.69 bits per heavy atom. The van der Waals surface area contributed by atoms with Crippen LogP contribution in [0, 0.1) is 0 Å². The van der Waals surface area contributed by atoms with Crippen molar-refractivity contribution in [1.82, 2.24) is 4.57 Å². The summed E-state index contributed by atoms with van der Waals surface area (Å²) in [4.78, 5) is 0. The molecular weight excluding hydrogens is 369 g/mol. The van der Waals surface area contributed by atoms with E-state index in [1.165, 1.54) is 36.1 Å². The molecule has 1 aromatic carbocycles. The lowest BCUT2D eigenvalue weighted by Crippen LogP contribution is -2.48. The number of imidazole rings is 1. The number of alkyl halides is 3. The summed E-state index contributed by atoms with van der Waals surface area (Å²) in [5, 5.41) is 0. The molecule has 0 radical (unpaired) electrons. The molecule has 0 bridgehead atoms. The molecule has 144 valence electrons. The van der Waals surface area contributed by atoms with Crippen molar-refractivity contribution in [2.75, 3.05) is 0 Å². The quantitative estimate of drug-likeness (QED) is 0.427. The summed E-state index contributed by atoms with van der Waals surface area (Å²) in [7, 11) is -6.09. The van der Waals surface area contributed by atoms with Crippen LogP contribution < -0.4 is 4.57 Å². The van der Waals surface area contributed by atoms with E-state index in [0.717, 1.165) is 0 Å². The number of fused-ring (bicyclic) bond motifs is 1. The lowest BCUT2D eigenvalue weighted by atomic mass is 10.1. The second-order valence-corrected chi connectivity index (χ2v) is 8.48. The van der Waals surface area contributed by atoms with Crippen molar-refractivity contribution in [3.8, 4) is 5.69 Å². The van der Waals surface area contributed by atoms with Gasteiger partial charge in [0.05, 0.1) is 0 Å². The molecule has 0 amide bonds. The Balaban J connectivity index is 0.000000260. The van der Waals surface area contributed by atoms with Crippen LogP contribution in [-0.2, 0) is 28.5 Å². The van der Waals surface area contributed by atoms with Crippen LogP contribution in [0.4, 0.5) is 13.2 Å². The van der Waals surface area contributed by atoms with Crippen LogP contribution in [0.2, 0.25) is 0 Å². The van der Waals surface area contributed by atoms with Gasteiger partial charge < -0.3 is 4.55 Å². The van der Waals surface area contributed by atoms with Crippen LogP contribution in [-0.4, -0.2) is 23.0 Å². The number of halogens is 3. The lowest BCUT2D eigenvalue weighted by Gasteiger charge is -2.13. The highest BCUT2D eigenvalue weighted by Crippen LogP contribution is 2.24. The molecule has 1 aliphatic rings. The molecule has 0 saturated heterocycles. The lowest BCUT2D eigenvalue weighted by molar-refractivity contribution is -0.753. The molecule has 0 fully saturated rings. The summed E-state index contributed by atoms with van der Waals surface area (Å²) >= 11 is 0. The molecule has 0 unspecified atom stereocenters. The molecule has 0 aliphatic heterocycles. The molecule has 3 rings (SSSR count). The van der Waals surface area contributed by atoms with Gasteiger partial charge in [-0.25, -0.2) is 17.6 Å². The minimum atomic E-state index is -6.09. The third-order valence-electron chi connectivity index (χ3n) is 4.07. The van der Waals surface area contributed by atoms with E-state index in [-0.39, 0.29) is 5.54 Å². The molecule has 0 N–H and O–H groups in total. The van der Waals surface area contributed by atoms with Crippen molar-refractivity contribution < 1.29 is 30.7 Å². The van der Waals surface area contributed by atoms with Crippen LogP contribution in [0.15, 0.2) is 36.9 Å². The van der Waals surface area contributed by atoms with Gasteiger partial charge in [0.1, 0.15) is 23.6 Å². The Labute approximate surface area is 150 Å². The van der Waals surface area contributed by atoms with E-state index in [0.29, 0.717) is 0 Å². The fraction of sp³-hybridized carbons (Fsp3) is 0.471. The van der Waals surface area contributed by atoms with Crippen LogP contribution in [0.3, 0.4) is 0 Å². The third-order valence-corrected chi connectivity index (χ3v) is 4.64. The first-order valence-corrected chi connectivity index (χ1v) is 9.44. The zero-order valence-corrected chi connectivity index (χ0v) is 15.6. The first-order valence-electron chi connectivity index (χ1n) is 8.03. The van der Waals surface area contributed by atoms with E-state index < -0.39 is 15.6 Å². The van der Waals surface area contributed by atoms with E-state index in [1.54, 1.807) is 0 Å². The monoisotopic (exact) mass is 390 g/mol. The van der Waals surface area contributed by atoms with Crippen molar-refractivity contribution in [1.29, 1.82) is 0 Å². The van der Waals surface area contributed by atoms with Crippen LogP contribution in [0.1, 0.15) is 38.3 Å². The van der Waals surface area contributed by atoms with E-state index >= 15 is 0 Å². The van der Waals surface area contributed by atoms with Gasteiger partial charge in [0.15, 0.2) is 10.1 Å². The molecule has 5 nitrogen and oxygen atoms in total. The largest absolute Gasteiger partial charge is 0.741 e. The minimum absolute atomic E-state index is 0.141. The predicted octanol–water partition coefficient (Wildman–Crippen LogP) is 3.06. The average Bonchev–Trinajstić information content (AvgIpc) is 3.13. The zero-order valence-electron chi connectivity index (χ0n) is 14.7. The maximum atomic E-state index is 10.7. The smallest absolute Gasteiger partial charge is 0.485 e. The number of hydrogen-bond donors (Lipinski definition) is 0. The highest BCUT2D eigenvalue weighted by Gasteiger charge is 2.36. The molecule has 0 saturated carbocycles. The topological polar surface area (TPSA) is 66.0 Å². The van der Waals surface area contributed by atoms with Crippen molar-refractivity contribution in [3.05, 3.63) is 48.0 Å². The highest BCUT2D eigenvalue weighted by molar-refractivity contribution is 7.86. The van der Waals surface area contributed by atoms with Crippen LogP contribution in [0.5, 0.6) is 0 Å². The normalized spacial score (nSPS) is 14.6. The average molecular weight is 390 g/mol. The molecule has 1 aromatic heterocycles. The van der Waals surface area contributed by atoms with Gasteiger partial charge in [0.25, 0.3) is 0 Å². The van der Waals surface area contributed by atoms with Gasteiger partial charge in [-0.2, -0.15) is 13.2 Å². The van der Waals surface area contributed by atoms with Crippen LogP contribution in [0.25, 0.3) is 5.69 Å². The number of nitrogens with zero attached hydrogens (tertiary/aromatic N) is 2. The number of rotatable bonds is 1. The van der Waals surface area contributed by atoms with E-state index in [4.69, 9.17) is 13.0 Å². The van der Waals surface area contributed by atoms with Gasteiger partial charge in [0.2, 0.25) is 6.33 Å². The third kappa shape index (κ3) is 4.85. The van der Waals surface area contributed by atoms with Gasteiger partial charge in [-0.3, -0.25) is 0 Å². The fourth-order valence-electron chi connectivity index (χ4n) is 2.62. The van der Waals surface area contributed by atoms with Crippen molar-refractivity contribution in [2.45, 2.75) is 51.1 Å². The maximum absolute atomic E-state index is 10.7. The Morgan fingerprint density at radius 1 is 1.12 bits per heavy atom. The molecule has 1 heterocycles. The fourth-order valence-corrected chi connectivity index (χ4v) is 2.62. The summed E-state index contributed by atoms with van der Waals surface area (Å²) in [6, 6.07) is 6.87. The number of aryl methyl sites for hydroxylation is 2. The van der Waals surface area contributed by atoms with Gasteiger partial charge in [-0.05, 0) is 63.3 Å². The second-order valence-electron chi connectivity index (χ2n) is 7.11. The molecule has 1 aliphatic carbocycles. The summed E-state index contributed by atoms with van der Waals surface area (Å²) in [6.07, 6.45) is 10.3. The standard InChI is InChI=1S/C16H21N2.CHF3O3S/c1-16(2,3)18-10-9-17(12-18)15-8-7-13-5-4-6-14(13)11-15;2-1(3,4)8(5,6)7/h7-12H,4-6H2,1-3H3;(H,5,6,7)/q+1;/p-1. The summed E-state index contributed by atoms with van der Waals surface area (Å²) in [5.41, 5.74) is -1.16. The van der Waals surface area contributed by atoms with Crippen LogP contribution >= 0.6 is 0 Å². The molecule has 2 aromatic rings. The van der Waals surface area contributed by atoms with Crippen molar-refractivity contribution >= 4 is 10.1 Å². The van der Waals surface area contributed by atoms with E-state index in [2.05, 4.69) is 66.8 Å². The molecule has 26 heavy (non-hydrogen) atoms. The minimum Gasteiger partial charge on any atom is -0.741 e. The number of hydrogen-bond acceptors (Lipinski definition) is 3.